The molecule has 1 fully saturated rings. The highest BCUT2D eigenvalue weighted by Crippen LogP contribution is 2.24. The van der Waals surface area contributed by atoms with Crippen molar-refractivity contribution in [1.82, 2.24) is 9.88 Å². The summed E-state index contributed by atoms with van der Waals surface area (Å²) in [7, 11) is 1.37. The lowest BCUT2D eigenvalue weighted by molar-refractivity contribution is -0.132. The molecule has 0 aromatic carbocycles. The second kappa shape index (κ2) is 7.79. The summed E-state index contributed by atoms with van der Waals surface area (Å²) in [6.07, 6.45) is 4.95. The fraction of sp³-hybridized carbons (Fsp3) is 0.643. The van der Waals surface area contributed by atoms with Gasteiger partial charge in [0.15, 0.2) is 0 Å². The molecule has 0 radical (unpaired) electrons. The minimum absolute atomic E-state index is 0.200. The second-order valence-corrected chi connectivity index (χ2v) is 6.67. The van der Waals surface area contributed by atoms with Crippen LogP contribution in [0.15, 0.2) is 6.20 Å². The van der Waals surface area contributed by atoms with Crippen LogP contribution < -0.4 is 0 Å². The Kier molecular flexibility index (Phi) is 6.05. The highest BCUT2D eigenvalue weighted by molar-refractivity contribution is 7.80. The van der Waals surface area contributed by atoms with E-state index in [0.29, 0.717) is 23.0 Å². The van der Waals surface area contributed by atoms with Gasteiger partial charge in [-0.3, -0.25) is 4.79 Å². The van der Waals surface area contributed by atoms with Crippen molar-refractivity contribution in [2.24, 2.45) is 5.92 Å². The van der Waals surface area contributed by atoms with Gasteiger partial charge in [0, 0.05) is 25.9 Å². The molecule has 0 atom stereocenters. The number of likely N-dealkylation sites (tertiary alicyclic amines) is 1. The number of methoxy groups -OCH3 is 1. The van der Waals surface area contributed by atoms with Gasteiger partial charge in [-0.25, -0.2) is 9.78 Å². The summed E-state index contributed by atoms with van der Waals surface area (Å²) in [5, 5.41) is 0.968. The molecular weight excluding hydrogens is 308 g/mol. The third kappa shape index (κ3) is 4.44. The van der Waals surface area contributed by atoms with Crippen LogP contribution in [0.5, 0.6) is 0 Å². The number of esters is 1. The third-order valence-corrected chi connectivity index (χ3v) is 4.92. The van der Waals surface area contributed by atoms with Crippen LogP contribution in [0, 0.1) is 5.92 Å². The van der Waals surface area contributed by atoms with Gasteiger partial charge in [-0.2, -0.15) is 12.6 Å². The highest BCUT2D eigenvalue weighted by atomic mass is 32.1. The molecule has 1 aromatic heterocycles. The smallest absolute Gasteiger partial charge is 0.349 e. The molecule has 7 heteroatoms. The maximum Gasteiger partial charge on any atom is 0.349 e. The zero-order chi connectivity index (χ0) is 15.2. The van der Waals surface area contributed by atoms with Crippen molar-refractivity contribution in [1.29, 1.82) is 0 Å². The first kappa shape index (κ1) is 16.3. The topological polar surface area (TPSA) is 59.5 Å². The lowest BCUT2D eigenvalue weighted by atomic mass is 9.94. The molecule has 0 aliphatic carbocycles. The van der Waals surface area contributed by atoms with E-state index in [9.17, 15) is 9.59 Å². The number of hydrogen-bond acceptors (Lipinski definition) is 6. The zero-order valence-corrected chi connectivity index (χ0v) is 13.8. The monoisotopic (exact) mass is 328 g/mol. The van der Waals surface area contributed by atoms with Crippen molar-refractivity contribution in [2.75, 3.05) is 26.0 Å². The first-order valence-corrected chi connectivity index (χ1v) is 8.50. The summed E-state index contributed by atoms with van der Waals surface area (Å²) >= 11 is 5.50. The number of carbonyl (C=O) groups is 2. The Morgan fingerprint density at radius 2 is 2.19 bits per heavy atom. The maximum absolute atomic E-state index is 11.8. The average molecular weight is 328 g/mol. The Balaban J connectivity index is 1.82. The Hall–Kier alpha value is -1.08. The molecular formula is C14H20N2O3S2. The molecule has 0 unspecified atom stereocenters. The van der Waals surface area contributed by atoms with Gasteiger partial charge in [0.25, 0.3) is 0 Å². The van der Waals surface area contributed by atoms with Crippen LogP contribution >= 0.6 is 24.0 Å². The van der Waals surface area contributed by atoms with E-state index in [0.717, 1.165) is 37.4 Å². The SMILES string of the molecule is COC(=O)c1cnc(CC2CCN(C(=O)CCS)CC2)s1. The molecule has 0 spiro atoms. The van der Waals surface area contributed by atoms with Crippen molar-refractivity contribution >= 4 is 35.8 Å². The quantitative estimate of drug-likeness (QED) is 0.664. The van der Waals surface area contributed by atoms with Gasteiger partial charge in [0.2, 0.25) is 5.91 Å². The Morgan fingerprint density at radius 3 is 2.81 bits per heavy atom. The van der Waals surface area contributed by atoms with Crippen molar-refractivity contribution in [3.8, 4) is 0 Å². The van der Waals surface area contributed by atoms with E-state index < -0.39 is 0 Å². The van der Waals surface area contributed by atoms with Gasteiger partial charge in [-0.05, 0) is 24.5 Å². The van der Waals surface area contributed by atoms with Crippen LogP contribution in [0.25, 0.3) is 0 Å². The normalized spacial score (nSPS) is 16.0. The molecule has 2 heterocycles. The van der Waals surface area contributed by atoms with Crippen LogP contribution in [0.4, 0.5) is 0 Å². The van der Waals surface area contributed by atoms with E-state index in [1.54, 1.807) is 6.20 Å². The molecule has 0 saturated carbocycles. The van der Waals surface area contributed by atoms with Crippen LogP contribution in [0.2, 0.25) is 0 Å². The molecule has 1 aliphatic heterocycles. The minimum Gasteiger partial charge on any atom is -0.465 e. The molecule has 1 saturated heterocycles. The van der Waals surface area contributed by atoms with Crippen molar-refractivity contribution in [2.45, 2.75) is 25.7 Å². The standard InChI is InChI=1S/C14H20N2O3S2/c1-19-14(18)11-9-15-12(21-11)8-10-2-5-16(6-3-10)13(17)4-7-20/h9-10,20H,2-8H2,1H3. The lowest BCUT2D eigenvalue weighted by Crippen LogP contribution is -2.38. The van der Waals surface area contributed by atoms with Crippen LogP contribution in [-0.2, 0) is 16.0 Å². The number of amides is 1. The predicted octanol–water partition coefficient (Wildman–Crippen LogP) is 2.03. The number of rotatable bonds is 5. The molecule has 116 valence electrons. The summed E-state index contributed by atoms with van der Waals surface area (Å²) in [6.45, 7) is 1.62. The molecule has 1 aliphatic rings. The van der Waals surface area contributed by atoms with Gasteiger partial charge >= 0.3 is 5.97 Å². The van der Waals surface area contributed by atoms with Gasteiger partial charge in [0.1, 0.15) is 4.88 Å². The third-order valence-electron chi connectivity index (χ3n) is 3.70. The maximum atomic E-state index is 11.8. The van der Waals surface area contributed by atoms with Gasteiger partial charge in [-0.15, -0.1) is 11.3 Å². The molecule has 0 N–H and O–H groups in total. The first-order chi connectivity index (χ1) is 10.1. The first-order valence-electron chi connectivity index (χ1n) is 7.05. The van der Waals surface area contributed by atoms with E-state index in [4.69, 9.17) is 0 Å². The fourth-order valence-corrected chi connectivity index (χ4v) is 3.63. The Morgan fingerprint density at radius 1 is 1.48 bits per heavy atom. The summed E-state index contributed by atoms with van der Waals surface area (Å²) in [6, 6.07) is 0. The van der Waals surface area contributed by atoms with E-state index >= 15 is 0 Å². The van der Waals surface area contributed by atoms with Gasteiger partial charge in [0.05, 0.1) is 18.3 Å². The highest BCUT2D eigenvalue weighted by Gasteiger charge is 2.23. The average Bonchev–Trinajstić information content (AvgIpc) is 2.96. The fourth-order valence-electron chi connectivity index (χ4n) is 2.49. The van der Waals surface area contributed by atoms with Crippen LogP contribution in [0.1, 0.15) is 33.9 Å². The van der Waals surface area contributed by atoms with E-state index in [1.165, 1.54) is 18.4 Å². The number of thiazole rings is 1. The van der Waals surface area contributed by atoms with Crippen LogP contribution in [-0.4, -0.2) is 47.7 Å². The molecule has 1 aromatic rings. The Bertz CT molecular complexity index is 496. The number of thiol groups is 1. The number of hydrogen-bond donors (Lipinski definition) is 1. The second-order valence-electron chi connectivity index (χ2n) is 5.11. The molecule has 5 nitrogen and oxygen atoms in total. The predicted molar refractivity (Wildman–Crippen MR) is 84.9 cm³/mol. The summed E-state index contributed by atoms with van der Waals surface area (Å²) in [4.78, 5) is 30.0. The van der Waals surface area contributed by atoms with E-state index in [1.807, 2.05) is 4.90 Å². The molecule has 0 bridgehead atoms. The van der Waals surface area contributed by atoms with Crippen molar-refractivity contribution < 1.29 is 14.3 Å². The number of piperidine rings is 1. The lowest BCUT2D eigenvalue weighted by Gasteiger charge is -2.31. The zero-order valence-electron chi connectivity index (χ0n) is 12.1. The van der Waals surface area contributed by atoms with E-state index in [-0.39, 0.29) is 11.9 Å². The van der Waals surface area contributed by atoms with E-state index in [2.05, 4.69) is 22.3 Å². The largest absolute Gasteiger partial charge is 0.465 e. The number of aromatic nitrogens is 1. The number of nitrogens with zero attached hydrogens (tertiary/aromatic N) is 2. The minimum atomic E-state index is -0.328. The van der Waals surface area contributed by atoms with Gasteiger partial charge < -0.3 is 9.64 Å². The molecule has 2 rings (SSSR count). The molecule has 1 amide bonds. The Labute approximate surface area is 134 Å². The number of ether oxygens (including phenoxy) is 1. The summed E-state index contributed by atoms with van der Waals surface area (Å²) in [5.41, 5.74) is 0. The van der Waals surface area contributed by atoms with Crippen molar-refractivity contribution in [3.63, 3.8) is 0 Å². The van der Waals surface area contributed by atoms with Crippen LogP contribution in [0.3, 0.4) is 0 Å². The number of carbonyl (C=O) groups excluding carboxylic acids is 2. The van der Waals surface area contributed by atoms with Crippen molar-refractivity contribution in [3.05, 3.63) is 16.1 Å². The summed E-state index contributed by atoms with van der Waals surface area (Å²) < 4.78 is 4.68. The van der Waals surface area contributed by atoms with Gasteiger partial charge in [-0.1, -0.05) is 0 Å². The summed E-state index contributed by atoms with van der Waals surface area (Å²) in [5.74, 6) is 1.01. The molecule has 21 heavy (non-hydrogen) atoms.